The highest BCUT2D eigenvalue weighted by Crippen LogP contribution is 2.48. The molecule has 9 aromatic rings. The van der Waals surface area contributed by atoms with Crippen LogP contribution in [0.2, 0.25) is 0 Å². The molecule has 0 N–H and O–H groups in total. The Kier molecular flexibility index (Phi) is 5.61. The summed E-state index contributed by atoms with van der Waals surface area (Å²) in [5.41, 5.74) is 7.64. The number of hydrogen-bond donors (Lipinski definition) is 0. The highest BCUT2D eigenvalue weighted by molar-refractivity contribution is 6.27. The van der Waals surface area contributed by atoms with Crippen molar-refractivity contribution in [3.63, 3.8) is 0 Å². The minimum Gasteiger partial charge on any atom is -0.0622 e. The molecule has 0 heteroatoms. The van der Waals surface area contributed by atoms with E-state index in [4.69, 9.17) is 0 Å². The fourth-order valence-electron chi connectivity index (χ4n) is 7.37. The van der Waals surface area contributed by atoms with Crippen molar-refractivity contribution in [1.29, 1.82) is 0 Å². The molecule has 0 radical (unpaired) electrons. The maximum atomic E-state index is 2.40. The first-order valence-corrected chi connectivity index (χ1v) is 15.3. The number of hydrogen-bond acceptors (Lipinski definition) is 0. The molecule has 0 aliphatic carbocycles. The van der Waals surface area contributed by atoms with Gasteiger partial charge in [0.2, 0.25) is 0 Å². The monoisotopic (exact) mass is 556 g/mol. The van der Waals surface area contributed by atoms with Gasteiger partial charge in [-0.05, 0) is 93.3 Å². The summed E-state index contributed by atoms with van der Waals surface area (Å²) in [5.74, 6) is 0. The Hall–Kier alpha value is -5.72. The van der Waals surface area contributed by atoms with Gasteiger partial charge in [-0.3, -0.25) is 0 Å². The van der Waals surface area contributed by atoms with Crippen LogP contribution in [-0.4, -0.2) is 0 Å². The van der Waals surface area contributed by atoms with Crippen molar-refractivity contribution in [2.45, 2.75) is 0 Å². The first kappa shape index (κ1) is 24.8. The van der Waals surface area contributed by atoms with Crippen LogP contribution >= 0.6 is 0 Å². The lowest BCUT2D eigenvalue weighted by Gasteiger charge is -2.20. The van der Waals surface area contributed by atoms with E-state index < -0.39 is 0 Å². The van der Waals surface area contributed by atoms with Gasteiger partial charge >= 0.3 is 0 Å². The molecule has 9 aromatic carbocycles. The third-order valence-corrected chi connectivity index (χ3v) is 9.25. The van der Waals surface area contributed by atoms with E-state index in [-0.39, 0.29) is 0 Å². The zero-order chi connectivity index (χ0) is 29.0. The molecular weight excluding hydrogens is 528 g/mol. The lowest BCUT2D eigenvalue weighted by molar-refractivity contribution is 1.65. The third kappa shape index (κ3) is 3.71. The lowest BCUT2D eigenvalue weighted by Crippen LogP contribution is -1.93. The van der Waals surface area contributed by atoms with Gasteiger partial charge < -0.3 is 0 Å². The first-order chi connectivity index (χ1) is 21.9. The van der Waals surface area contributed by atoms with Crippen molar-refractivity contribution in [2.75, 3.05) is 0 Å². The van der Waals surface area contributed by atoms with Gasteiger partial charge in [-0.2, -0.15) is 0 Å². The van der Waals surface area contributed by atoms with E-state index in [2.05, 4.69) is 170 Å². The molecule has 0 aliphatic heterocycles. The van der Waals surface area contributed by atoms with Gasteiger partial charge in [0.15, 0.2) is 0 Å². The zero-order valence-electron chi connectivity index (χ0n) is 24.2. The van der Waals surface area contributed by atoms with Crippen LogP contribution in [0.25, 0.3) is 87.2 Å². The topological polar surface area (TPSA) is 0 Å². The van der Waals surface area contributed by atoms with Gasteiger partial charge in [0.25, 0.3) is 0 Å². The molecule has 0 fully saturated rings. The minimum atomic E-state index is 1.24. The predicted octanol–water partition coefficient (Wildman–Crippen LogP) is 12.5. The maximum Gasteiger partial charge on any atom is -0.00199 e. The van der Waals surface area contributed by atoms with Crippen molar-refractivity contribution in [1.82, 2.24) is 0 Å². The van der Waals surface area contributed by atoms with E-state index in [1.165, 1.54) is 87.2 Å². The Balaban J connectivity index is 1.43. The third-order valence-electron chi connectivity index (χ3n) is 9.25. The van der Waals surface area contributed by atoms with Gasteiger partial charge in [-0.25, -0.2) is 0 Å². The van der Waals surface area contributed by atoms with Crippen LogP contribution in [0, 0.1) is 0 Å². The van der Waals surface area contributed by atoms with Crippen molar-refractivity contribution in [2.24, 2.45) is 0 Å². The number of benzene rings is 9. The Bertz CT molecular complexity index is 2480. The van der Waals surface area contributed by atoms with Crippen LogP contribution in [0.4, 0.5) is 0 Å². The first-order valence-electron chi connectivity index (χ1n) is 15.3. The highest BCUT2D eigenvalue weighted by atomic mass is 14.2. The molecule has 204 valence electrons. The Labute approximate surface area is 256 Å². The molecule has 0 saturated heterocycles. The maximum absolute atomic E-state index is 2.40. The fourth-order valence-corrected chi connectivity index (χ4v) is 7.37. The second kappa shape index (κ2) is 9.93. The van der Waals surface area contributed by atoms with Crippen LogP contribution in [0.15, 0.2) is 170 Å². The van der Waals surface area contributed by atoms with Crippen molar-refractivity contribution >= 4 is 53.9 Å². The van der Waals surface area contributed by atoms with Crippen molar-refractivity contribution in [3.05, 3.63) is 170 Å². The second-order valence-electron chi connectivity index (χ2n) is 11.6. The van der Waals surface area contributed by atoms with Crippen LogP contribution < -0.4 is 0 Å². The predicted molar refractivity (Wildman–Crippen MR) is 190 cm³/mol. The molecule has 0 unspecified atom stereocenters. The zero-order valence-corrected chi connectivity index (χ0v) is 24.2. The number of rotatable bonds is 3. The number of fused-ring (bicyclic) bond motifs is 6. The van der Waals surface area contributed by atoms with Gasteiger partial charge in [0.05, 0.1) is 0 Å². The van der Waals surface area contributed by atoms with Gasteiger partial charge in [-0.15, -0.1) is 0 Å². The fraction of sp³-hybridized carbons (Fsp3) is 0. The van der Waals surface area contributed by atoms with Gasteiger partial charge in [0.1, 0.15) is 0 Å². The van der Waals surface area contributed by atoms with Crippen molar-refractivity contribution < 1.29 is 0 Å². The van der Waals surface area contributed by atoms with E-state index in [1.54, 1.807) is 0 Å². The average Bonchev–Trinajstić information content (AvgIpc) is 3.10. The van der Waals surface area contributed by atoms with Crippen LogP contribution in [0.1, 0.15) is 0 Å². The highest BCUT2D eigenvalue weighted by Gasteiger charge is 2.20. The quantitative estimate of drug-likeness (QED) is 0.150. The molecule has 0 spiro atoms. The largest absolute Gasteiger partial charge is 0.0622 e. The van der Waals surface area contributed by atoms with Crippen LogP contribution in [0.3, 0.4) is 0 Å². The molecule has 9 rings (SSSR count). The molecule has 0 heterocycles. The van der Waals surface area contributed by atoms with E-state index in [1.807, 2.05) is 0 Å². The summed E-state index contributed by atoms with van der Waals surface area (Å²) in [6.45, 7) is 0. The summed E-state index contributed by atoms with van der Waals surface area (Å²) < 4.78 is 0. The average molecular weight is 557 g/mol. The minimum absolute atomic E-state index is 1.24. The second-order valence-corrected chi connectivity index (χ2v) is 11.6. The van der Waals surface area contributed by atoms with E-state index >= 15 is 0 Å². The molecule has 0 atom stereocenters. The Morgan fingerprint density at radius 2 is 0.636 bits per heavy atom. The summed E-state index contributed by atoms with van der Waals surface area (Å²) in [4.78, 5) is 0. The van der Waals surface area contributed by atoms with E-state index in [9.17, 15) is 0 Å². The Morgan fingerprint density at radius 1 is 0.227 bits per heavy atom. The molecule has 0 amide bonds. The SMILES string of the molecule is c1ccc(-c2cccc3c(-c4c5ccccc5c(-c5cc6ccccc6c6ccccc56)c5ccccc45)cccc23)cc1. The summed E-state index contributed by atoms with van der Waals surface area (Å²) in [6.07, 6.45) is 0. The molecule has 0 aliphatic rings. The summed E-state index contributed by atoms with van der Waals surface area (Å²) in [5, 5.41) is 12.8. The summed E-state index contributed by atoms with van der Waals surface area (Å²) in [7, 11) is 0. The summed E-state index contributed by atoms with van der Waals surface area (Å²) in [6, 6.07) is 62.3. The molecule has 44 heavy (non-hydrogen) atoms. The lowest BCUT2D eigenvalue weighted by atomic mass is 9.82. The van der Waals surface area contributed by atoms with E-state index in [0.29, 0.717) is 0 Å². The van der Waals surface area contributed by atoms with E-state index in [0.717, 1.165) is 0 Å². The van der Waals surface area contributed by atoms with Crippen LogP contribution in [0.5, 0.6) is 0 Å². The molecule has 0 saturated carbocycles. The van der Waals surface area contributed by atoms with Gasteiger partial charge in [0, 0.05) is 0 Å². The molecule has 0 aromatic heterocycles. The Morgan fingerprint density at radius 3 is 1.27 bits per heavy atom. The molecular formula is C44H28. The van der Waals surface area contributed by atoms with Crippen molar-refractivity contribution in [3.8, 4) is 33.4 Å². The smallest absolute Gasteiger partial charge is 0.00199 e. The standard InChI is InChI=1S/C44H28/c1-2-14-29(15-3-1)31-24-12-26-35-34(31)25-13-27-37(35)43-38-20-8-10-22-40(38)44(41-23-11-9-21-39(41)43)42-28-30-16-4-5-17-32(30)33-18-6-7-19-36(33)42/h1-28H. The molecule has 0 nitrogen and oxygen atoms in total. The normalized spacial score (nSPS) is 11.6. The van der Waals surface area contributed by atoms with Crippen LogP contribution in [-0.2, 0) is 0 Å². The van der Waals surface area contributed by atoms with Gasteiger partial charge in [-0.1, -0.05) is 164 Å². The summed E-state index contributed by atoms with van der Waals surface area (Å²) >= 11 is 0. The molecule has 0 bridgehead atoms.